The van der Waals surface area contributed by atoms with Crippen LogP contribution in [0.5, 0.6) is 0 Å². The van der Waals surface area contributed by atoms with E-state index in [0.717, 1.165) is 0 Å². The second kappa shape index (κ2) is 4.27. The molecule has 0 bridgehead atoms. The molecule has 0 spiro atoms. The molecule has 88 valence electrons. The molecule has 0 unspecified atom stereocenters. The van der Waals surface area contributed by atoms with Crippen LogP contribution >= 0.6 is 12.4 Å². The molecule has 15 heavy (non-hydrogen) atoms. The van der Waals surface area contributed by atoms with Crippen molar-refractivity contribution in [3.8, 4) is 0 Å². The Bertz CT molecular complexity index is 356. The molecule has 5 nitrogen and oxygen atoms in total. The standard InChI is InChI=1S/C8H13NO4S.ClH/c10-8(11)1-5-4-14(12,13)7-3-9-2-6(5)7;/h5-7,9H,1-4H2,(H,10,11);1H/t5-,6-,7-;/m0./s1. The second-order valence-electron chi connectivity index (χ2n) is 4.05. The summed E-state index contributed by atoms with van der Waals surface area (Å²) in [6.45, 7) is 1.13. The molecule has 2 fully saturated rings. The highest BCUT2D eigenvalue weighted by atomic mass is 35.5. The SMILES string of the molecule is Cl.O=C(O)C[C@H]1CS(=O)(=O)[C@H]2CNC[C@@H]12. The Morgan fingerprint density at radius 1 is 1.40 bits per heavy atom. The van der Waals surface area contributed by atoms with E-state index in [0.29, 0.717) is 13.1 Å². The monoisotopic (exact) mass is 255 g/mol. The minimum atomic E-state index is -3.04. The molecule has 3 atom stereocenters. The number of carboxylic acids is 1. The normalized spacial score (nSPS) is 36.9. The number of fused-ring (bicyclic) bond motifs is 1. The third-order valence-corrected chi connectivity index (χ3v) is 5.48. The molecule has 0 amide bonds. The lowest BCUT2D eigenvalue weighted by Gasteiger charge is -2.12. The molecule has 2 aliphatic heterocycles. The van der Waals surface area contributed by atoms with E-state index in [1.54, 1.807) is 0 Å². The van der Waals surface area contributed by atoms with Gasteiger partial charge in [-0.25, -0.2) is 8.42 Å². The molecule has 2 aliphatic rings. The summed E-state index contributed by atoms with van der Waals surface area (Å²) in [4.78, 5) is 10.5. The molecule has 0 radical (unpaired) electrons. The summed E-state index contributed by atoms with van der Waals surface area (Å²) in [5.74, 6) is -1.04. The molecule has 2 rings (SSSR count). The van der Waals surface area contributed by atoms with Crippen LogP contribution in [0.4, 0.5) is 0 Å². The number of sulfone groups is 1. The quantitative estimate of drug-likeness (QED) is 0.696. The van der Waals surface area contributed by atoms with Gasteiger partial charge in [-0.05, 0) is 18.4 Å². The van der Waals surface area contributed by atoms with Crippen LogP contribution in [0.25, 0.3) is 0 Å². The van der Waals surface area contributed by atoms with E-state index < -0.39 is 15.8 Å². The Kier molecular flexibility index (Phi) is 3.63. The van der Waals surface area contributed by atoms with Crippen molar-refractivity contribution < 1.29 is 18.3 Å². The number of carboxylic acid groups (broad SMARTS) is 1. The fraction of sp³-hybridized carbons (Fsp3) is 0.875. The van der Waals surface area contributed by atoms with Gasteiger partial charge in [-0.3, -0.25) is 4.79 Å². The predicted octanol–water partition coefficient (Wildman–Crippen LogP) is -0.484. The van der Waals surface area contributed by atoms with E-state index >= 15 is 0 Å². The van der Waals surface area contributed by atoms with Crippen molar-refractivity contribution in [2.45, 2.75) is 11.7 Å². The second-order valence-corrected chi connectivity index (χ2v) is 6.31. The fourth-order valence-corrected chi connectivity index (χ4v) is 4.95. The molecule has 0 aromatic rings. The average Bonchev–Trinajstić information content (AvgIpc) is 2.55. The van der Waals surface area contributed by atoms with Crippen LogP contribution in [0.2, 0.25) is 0 Å². The zero-order chi connectivity index (χ0) is 10.3. The number of aliphatic carboxylic acids is 1. The maximum atomic E-state index is 11.6. The smallest absolute Gasteiger partial charge is 0.303 e. The average molecular weight is 256 g/mol. The summed E-state index contributed by atoms with van der Waals surface area (Å²) >= 11 is 0. The summed E-state index contributed by atoms with van der Waals surface area (Å²) in [5, 5.41) is 11.3. The molecule has 0 aliphatic carbocycles. The van der Waals surface area contributed by atoms with Crippen molar-refractivity contribution in [3.05, 3.63) is 0 Å². The van der Waals surface area contributed by atoms with Gasteiger partial charge in [-0.2, -0.15) is 0 Å². The highest BCUT2D eigenvalue weighted by molar-refractivity contribution is 7.92. The third-order valence-electron chi connectivity index (χ3n) is 3.15. The first-order valence-electron chi connectivity index (χ1n) is 4.65. The minimum absolute atomic E-state index is 0. The topological polar surface area (TPSA) is 83.5 Å². The third kappa shape index (κ3) is 2.26. The molecular weight excluding hydrogens is 242 g/mol. The van der Waals surface area contributed by atoms with Gasteiger partial charge < -0.3 is 10.4 Å². The molecule has 2 N–H and O–H groups in total. The highest BCUT2D eigenvalue weighted by Crippen LogP contribution is 2.36. The van der Waals surface area contributed by atoms with E-state index in [4.69, 9.17) is 5.11 Å². The van der Waals surface area contributed by atoms with Gasteiger partial charge in [0.05, 0.1) is 11.0 Å². The van der Waals surface area contributed by atoms with E-state index in [1.807, 2.05) is 0 Å². The summed E-state index contributed by atoms with van der Waals surface area (Å²) in [6.07, 6.45) is -0.0257. The Labute approximate surface area is 94.6 Å². The van der Waals surface area contributed by atoms with Crippen molar-refractivity contribution in [3.63, 3.8) is 0 Å². The van der Waals surface area contributed by atoms with E-state index in [-0.39, 0.29) is 41.7 Å². The van der Waals surface area contributed by atoms with Crippen molar-refractivity contribution in [2.75, 3.05) is 18.8 Å². The van der Waals surface area contributed by atoms with Crippen LogP contribution < -0.4 is 5.32 Å². The molecule has 2 heterocycles. The van der Waals surface area contributed by atoms with Gasteiger partial charge in [-0.1, -0.05) is 0 Å². The number of halogens is 1. The molecule has 0 saturated carbocycles. The lowest BCUT2D eigenvalue weighted by molar-refractivity contribution is -0.138. The van der Waals surface area contributed by atoms with Gasteiger partial charge in [0.2, 0.25) is 0 Å². The first-order chi connectivity index (χ1) is 6.50. The number of rotatable bonds is 2. The van der Waals surface area contributed by atoms with Gasteiger partial charge in [0, 0.05) is 13.0 Å². The van der Waals surface area contributed by atoms with Crippen molar-refractivity contribution in [2.24, 2.45) is 11.8 Å². The largest absolute Gasteiger partial charge is 0.481 e. The van der Waals surface area contributed by atoms with E-state index in [9.17, 15) is 13.2 Å². The lowest BCUT2D eigenvalue weighted by Crippen LogP contribution is -2.22. The Morgan fingerprint density at radius 2 is 2.07 bits per heavy atom. The van der Waals surface area contributed by atoms with Crippen LogP contribution in [0, 0.1) is 11.8 Å². The lowest BCUT2D eigenvalue weighted by atomic mass is 9.91. The number of hydrogen-bond acceptors (Lipinski definition) is 4. The Morgan fingerprint density at radius 3 is 2.67 bits per heavy atom. The van der Waals surface area contributed by atoms with Crippen LogP contribution in [-0.4, -0.2) is 43.6 Å². The van der Waals surface area contributed by atoms with Crippen LogP contribution in [-0.2, 0) is 14.6 Å². The number of nitrogens with one attached hydrogen (secondary N) is 1. The van der Waals surface area contributed by atoms with Gasteiger partial charge in [0.1, 0.15) is 0 Å². The molecular formula is C8H14ClNO4S. The summed E-state index contributed by atoms with van der Waals surface area (Å²) < 4.78 is 23.2. The highest BCUT2D eigenvalue weighted by Gasteiger charge is 2.49. The van der Waals surface area contributed by atoms with Crippen molar-refractivity contribution in [1.82, 2.24) is 5.32 Å². The summed E-state index contributed by atoms with van der Waals surface area (Å²) in [5.41, 5.74) is 0. The Balaban J connectivity index is 0.00000112. The van der Waals surface area contributed by atoms with Gasteiger partial charge >= 0.3 is 5.97 Å². The molecule has 2 saturated heterocycles. The van der Waals surface area contributed by atoms with Gasteiger partial charge in [0.25, 0.3) is 0 Å². The van der Waals surface area contributed by atoms with Crippen LogP contribution in [0.3, 0.4) is 0 Å². The fourth-order valence-electron chi connectivity index (χ4n) is 2.52. The van der Waals surface area contributed by atoms with Crippen LogP contribution in [0.15, 0.2) is 0 Å². The minimum Gasteiger partial charge on any atom is -0.481 e. The van der Waals surface area contributed by atoms with E-state index in [2.05, 4.69) is 5.32 Å². The predicted molar refractivity (Wildman–Crippen MR) is 56.9 cm³/mol. The zero-order valence-corrected chi connectivity index (χ0v) is 9.68. The Hall–Kier alpha value is -0.330. The van der Waals surface area contributed by atoms with Gasteiger partial charge in [-0.15, -0.1) is 12.4 Å². The maximum absolute atomic E-state index is 11.6. The summed E-state index contributed by atoms with van der Waals surface area (Å²) in [6, 6.07) is 0. The van der Waals surface area contributed by atoms with E-state index in [1.165, 1.54) is 0 Å². The number of hydrogen-bond donors (Lipinski definition) is 2. The zero-order valence-electron chi connectivity index (χ0n) is 8.05. The molecule has 0 aromatic carbocycles. The maximum Gasteiger partial charge on any atom is 0.303 e. The first kappa shape index (κ1) is 12.7. The molecule has 7 heteroatoms. The summed E-state index contributed by atoms with van der Waals surface area (Å²) in [7, 11) is -3.04. The van der Waals surface area contributed by atoms with Gasteiger partial charge in [0.15, 0.2) is 9.84 Å². The first-order valence-corrected chi connectivity index (χ1v) is 6.36. The number of carbonyl (C=O) groups is 1. The molecule has 0 aromatic heterocycles. The van der Waals surface area contributed by atoms with Crippen LogP contribution in [0.1, 0.15) is 6.42 Å². The van der Waals surface area contributed by atoms with Crippen molar-refractivity contribution in [1.29, 1.82) is 0 Å². The van der Waals surface area contributed by atoms with Crippen molar-refractivity contribution >= 4 is 28.2 Å².